The zero-order valence-electron chi connectivity index (χ0n) is 17.8. The molecule has 2 aliphatic heterocycles. The van der Waals surface area contributed by atoms with Gasteiger partial charge in [0.05, 0.1) is 0 Å². The first-order valence-electron chi connectivity index (χ1n) is 11.0. The van der Waals surface area contributed by atoms with E-state index >= 15 is 0 Å². The van der Waals surface area contributed by atoms with Crippen LogP contribution in [0.2, 0.25) is 0 Å². The minimum atomic E-state index is -0.570. The lowest BCUT2D eigenvalue weighted by atomic mass is 9.92. The number of nitrogens with one attached hydrogen (secondary N) is 2. The highest BCUT2D eigenvalue weighted by Gasteiger charge is 2.36. The lowest BCUT2D eigenvalue weighted by Crippen LogP contribution is -2.43. The van der Waals surface area contributed by atoms with E-state index in [2.05, 4.69) is 16.4 Å². The third-order valence-corrected chi connectivity index (χ3v) is 6.29. The van der Waals surface area contributed by atoms with Gasteiger partial charge in [0.25, 0.3) is 0 Å². The lowest BCUT2D eigenvalue weighted by molar-refractivity contribution is 0.171. The Hall–Kier alpha value is -4.00. The molecule has 4 aromatic rings. The molecule has 0 fully saturated rings. The van der Waals surface area contributed by atoms with Crippen LogP contribution in [0.1, 0.15) is 22.9 Å². The smallest absolute Gasteiger partial charge is 0.322 e. The molecule has 0 spiro atoms. The van der Waals surface area contributed by atoms with Gasteiger partial charge in [-0.2, -0.15) is 0 Å². The predicted octanol–water partition coefficient (Wildman–Crippen LogP) is 5.26. The Morgan fingerprint density at radius 1 is 1.00 bits per heavy atom. The molecule has 33 heavy (non-hydrogen) atoms. The van der Waals surface area contributed by atoms with Gasteiger partial charge in [-0.3, -0.25) is 0 Å². The van der Waals surface area contributed by atoms with Gasteiger partial charge in [-0.05, 0) is 36.2 Å². The molecule has 0 bridgehead atoms. The van der Waals surface area contributed by atoms with E-state index in [1.54, 1.807) is 41.3 Å². The Bertz CT molecular complexity index is 1370. The quantitative estimate of drug-likeness (QED) is 0.444. The van der Waals surface area contributed by atoms with E-state index in [4.69, 9.17) is 9.47 Å². The monoisotopic (exact) mass is 443 g/mol. The number of carbonyl (C=O) groups is 1. The first-order chi connectivity index (χ1) is 16.2. The van der Waals surface area contributed by atoms with Crippen LogP contribution >= 0.6 is 0 Å². The number of para-hydroxylation sites is 1. The van der Waals surface area contributed by atoms with Crippen LogP contribution in [0.5, 0.6) is 11.5 Å². The van der Waals surface area contributed by atoms with E-state index in [1.165, 1.54) is 6.07 Å². The van der Waals surface area contributed by atoms with Crippen molar-refractivity contribution in [2.24, 2.45) is 0 Å². The van der Waals surface area contributed by atoms with Gasteiger partial charge in [-0.1, -0.05) is 36.4 Å². The molecule has 166 valence electrons. The molecule has 6 rings (SSSR count). The van der Waals surface area contributed by atoms with Gasteiger partial charge in [0, 0.05) is 40.5 Å². The first kappa shape index (κ1) is 19.7. The van der Waals surface area contributed by atoms with Crippen molar-refractivity contribution in [2.45, 2.75) is 12.5 Å². The van der Waals surface area contributed by atoms with E-state index in [9.17, 15) is 9.18 Å². The molecular weight excluding hydrogens is 421 g/mol. The van der Waals surface area contributed by atoms with Crippen molar-refractivity contribution in [1.82, 2.24) is 9.88 Å². The number of hydrogen-bond acceptors (Lipinski definition) is 3. The summed E-state index contributed by atoms with van der Waals surface area (Å²) in [4.78, 5) is 18.6. The number of amides is 2. The topological polar surface area (TPSA) is 66.6 Å². The largest absolute Gasteiger partial charge is 0.486 e. The van der Waals surface area contributed by atoms with Crippen molar-refractivity contribution in [3.05, 3.63) is 89.4 Å². The number of ether oxygens (including phenoxy) is 2. The van der Waals surface area contributed by atoms with Crippen LogP contribution in [0.4, 0.5) is 14.9 Å². The molecule has 0 aliphatic carbocycles. The SMILES string of the molecule is O=C(Nc1ccc2c(c1)OCCO2)N1CCc2c([nH]c3ccccc23)[C@H]1c1ccccc1F. The number of urea groups is 1. The van der Waals surface area contributed by atoms with Gasteiger partial charge in [-0.25, -0.2) is 9.18 Å². The van der Waals surface area contributed by atoms with Gasteiger partial charge in [0.1, 0.15) is 25.1 Å². The molecule has 3 aromatic carbocycles. The van der Waals surface area contributed by atoms with Crippen LogP contribution in [0.3, 0.4) is 0 Å². The maximum atomic E-state index is 15.0. The normalized spacial score (nSPS) is 17.0. The van der Waals surface area contributed by atoms with Crippen LogP contribution in [-0.4, -0.2) is 35.7 Å². The van der Waals surface area contributed by atoms with E-state index < -0.39 is 6.04 Å². The second kappa shape index (κ2) is 7.85. The third kappa shape index (κ3) is 3.36. The summed E-state index contributed by atoms with van der Waals surface area (Å²) in [6.07, 6.45) is 0.679. The van der Waals surface area contributed by atoms with E-state index in [1.807, 2.05) is 18.2 Å². The molecular formula is C26H22FN3O3. The third-order valence-electron chi connectivity index (χ3n) is 6.29. The fraction of sp³-hybridized carbons (Fsp3) is 0.192. The standard InChI is InChI=1S/C26H22FN3O3/c27-20-7-3-1-6-19(20)25-24-18(17-5-2-4-8-21(17)29-24)11-12-30(25)26(31)28-16-9-10-22-23(15-16)33-14-13-32-22/h1-10,15,25,29H,11-14H2,(H,28,31)/t25-/m1/s1. The lowest BCUT2D eigenvalue weighted by Gasteiger charge is -2.36. The number of rotatable bonds is 2. The molecule has 1 atom stereocenters. The molecule has 0 radical (unpaired) electrons. The minimum Gasteiger partial charge on any atom is -0.486 e. The number of nitrogens with zero attached hydrogens (tertiary/aromatic N) is 1. The first-order valence-corrected chi connectivity index (χ1v) is 11.0. The number of H-pyrrole nitrogens is 1. The number of carbonyl (C=O) groups excluding carboxylic acids is 1. The highest BCUT2D eigenvalue weighted by Crippen LogP contribution is 2.40. The summed E-state index contributed by atoms with van der Waals surface area (Å²) < 4.78 is 26.2. The Morgan fingerprint density at radius 2 is 1.79 bits per heavy atom. The minimum absolute atomic E-state index is 0.302. The number of fused-ring (bicyclic) bond motifs is 4. The maximum Gasteiger partial charge on any atom is 0.322 e. The molecule has 7 heteroatoms. The van der Waals surface area contributed by atoms with Crippen LogP contribution in [0, 0.1) is 5.82 Å². The van der Waals surface area contributed by atoms with Gasteiger partial charge in [0.15, 0.2) is 11.5 Å². The molecule has 0 saturated carbocycles. The number of aromatic nitrogens is 1. The number of hydrogen-bond donors (Lipinski definition) is 2. The zero-order valence-corrected chi connectivity index (χ0v) is 17.8. The Balaban J connectivity index is 1.39. The number of benzene rings is 3. The molecule has 0 saturated heterocycles. The van der Waals surface area contributed by atoms with E-state index in [0.29, 0.717) is 48.9 Å². The van der Waals surface area contributed by atoms with Gasteiger partial charge >= 0.3 is 6.03 Å². The predicted molar refractivity (Wildman–Crippen MR) is 123 cm³/mol. The zero-order chi connectivity index (χ0) is 22.4. The van der Waals surface area contributed by atoms with Crippen LogP contribution in [-0.2, 0) is 6.42 Å². The number of aromatic amines is 1. The van der Waals surface area contributed by atoms with Crippen molar-refractivity contribution < 1.29 is 18.7 Å². The van der Waals surface area contributed by atoms with Gasteiger partial charge in [-0.15, -0.1) is 0 Å². The van der Waals surface area contributed by atoms with Gasteiger partial charge < -0.3 is 24.7 Å². The van der Waals surface area contributed by atoms with Crippen molar-refractivity contribution in [3.8, 4) is 11.5 Å². The fourth-order valence-corrected chi connectivity index (χ4v) is 4.80. The average Bonchev–Trinajstić information content (AvgIpc) is 3.23. The fourth-order valence-electron chi connectivity index (χ4n) is 4.80. The van der Waals surface area contributed by atoms with Crippen molar-refractivity contribution in [2.75, 3.05) is 25.1 Å². The summed E-state index contributed by atoms with van der Waals surface area (Å²) >= 11 is 0. The molecule has 0 unspecified atom stereocenters. The highest BCUT2D eigenvalue weighted by molar-refractivity contribution is 5.92. The summed E-state index contributed by atoms with van der Waals surface area (Å²) in [5.74, 6) is 0.913. The Labute approximate surface area is 189 Å². The van der Waals surface area contributed by atoms with Crippen LogP contribution < -0.4 is 14.8 Å². The number of anilines is 1. The average molecular weight is 443 g/mol. The van der Waals surface area contributed by atoms with Crippen molar-refractivity contribution in [3.63, 3.8) is 0 Å². The number of halogens is 1. The molecule has 3 heterocycles. The maximum absolute atomic E-state index is 15.0. The summed E-state index contributed by atoms with van der Waals surface area (Å²) in [7, 11) is 0. The molecule has 2 N–H and O–H groups in total. The summed E-state index contributed by atoms with van der Waals surface area (Å²) in [6.45, 7) is 1.43. The van der Waals surface area contributed by atoms with E-state index in [0.717, 1.165) is 22.2 Å². The van der Waals surface area contributed by atoms with Crippen LogP contribution in [0.15, 0.2) is 66.7 Å². The summed E-state index contributed by atoms with van der Waals surface area (Å²) in [6, 6.07) is 19.1. The van der Waals surface area contributed by atoms with E-state index in [-0.39, 0.29) is 11.8 Å². The molecule has 2 amide bonds. The molecule has 2 aliphatic rings. The Kier molecular flexibility index (Phi) is 4.68. The van der Waals surface area contributed by atoms with Crippen molar-refractivity contribution in [1.29, 1.82) is 0 Å². The second-order valence-electron chi connectivity index (χ2n) is 8.22. The van der Waals surface area contributed by atoms with Crippen LogP contribution in [0.25, 0.3) is 10.9 Å². The molecule has 6 nitrogen and oxygen atoms in total. The Morgan fingerprint density at radius 3 is 2.67 bits per heavy atom. The summed E-state index contributed by atoms with van der Waals surface area (Å²) in [5.41, 5.74) is 4.02. The second-order valence-corrected chi connectivity index (χ2v) is 8.22. The summed E-state index contributed by atoms with van der Waals surface area (Å²) in [5, 5.41) is 4.07. The van der Waals surface area contributed by atoms with Gasteiger partial charge in [0.2, 0.25) is 0 Å². The van der Waals surface area contributed by atoms with Crippen molar-refractivity contribution >= 4 is 22.6 Å². The molecule has 1 aromatic heterocycles. The highest BCUT2D eigenvalue weighted by atomic mass is 19.1.